The van der Waals surface area contributed by atoms with Crippen LogP contribution >= 0.6 is 15.9 Å². The van der Waals surface area contributed by atoms with E-state index in [1.54, 1.807) is 0 Å². The van der Waals surface area contributed by atoms with Crippen molar-refractivity contribution in [3.8, 4) is 17.1 Å². The van der Waals surface area contributed by atoms with Crippen molar-refractivity contribution in [2.75, 3.05) is 18.1 Å². The summed E-state index contributed by atoms with van der Waals surface area (Å²) in [6.45, 7) is 3.28. The number of anilines is 1. The van der Waals surface area contributed by atoms with Gasteiger partial charge in [-0.3, -0.25) is 4.79 Å². The molecule has 2 heterocycles. The molecule has 28 heavy (non-hydrogen) atoms. The summed E-state index contributed by atoms with van der Waals surface area (Å²) in [4.78, 5) is 18.9. The van der Waals surface area contributed by atoms with E-state index in [9.17, 15) is 4.79 Å². The summed E-state index contributed by atoms with van der Waals surface area (Å²) >= 11 is 3.48. The fourth-order valence-electron chi connectivity index (χ4n) is 3.32. The fourth-order valence-corrected chi connectivity index (χ4v) is 3.73. The van der Waals surface area contributed by atoms with Crippen LogP contribution in [0.25, 0.3) is 11.4 Å². The maximum atomic E-state index is 12.7. The van der Waals surface area contributed by atoms with Crippen molar-refractivity contribution >= 4 is 27.5 Å². The van der Waals surface area contributed by atoms with Crippen LogP contribution in [-0.4, -0.2) is 29.2 Å². The molecular weight excluding hydrogens is 422 g/mol. The smallest absolute Gasteiger partial charge is 0.227 e. The second-order valence-electron chi connectivity index (χ2n) is 6.54. The van der Waals surface area contributed by atoms with Crippen molar-refractivity contribution in [2.24, 2.45) is 0 Å². The van der Waals surface area contributed by atoms with E-state index in [2.05, 4.69) is 32.1 Å². The zero-order chi connectivity index (χ0) is 19.5. The van der Waals surface area contributed by atoms with E-state index < -0.39 is 0 Å². The zero-order valence-corrected chi connectivity index (χ0v) is 17.1. The summed E-state index contributed by atoms with van der Waals surface area (Å²) in [5, 5.41) is 4.03. The molecular formula is C21H20BrN3O3. The van der Waals surface area contributed by atoms with Gasteiger partial charge >= 0.3 is 0 Å². The summed E-state index contributed by atoms with van der Waals surface area (Å²) in [5.74, 6) is 1.86. The van der Waals surface area contributed by atoms with Crippen molar-refractivity contribution in [2.45, 2.75) is 26.2 Å². The Hall–Kier alpha value is -2.67. The first-order chi connectivity index (χ1) is 13.6. The topological polar surface area (TPSA) is 68.5 Å². The van der Waals surface area contributed by atoms with Gasteiger partial charge in [0.15, 0.2) is 0 Å². The Morgan fingerprint density at radius 1 is 1.25 bits per heavy atom. The Labute approximate surface area is 171 Å². The van der Waals surface area contributed by atoms with Gasteiger partial charge in [-0.15, -0.1) is 0 Å². The molecule has 144 valence electrons. The van der Waals surface area contributed by atoms with Crippen LogP contribution in [0.3, 0.4) is 0 Å². The van der Waals surface area contributed by atoms with Crippen LogP contribution < -0.4 is 9.64 Å². The average Bonchev–Trinajstić information content (AvgIpc) is 3.34. The van der Waals surface area contributed by atoms with Gasteiger partial charge < -0.3 is 14.2 Å². The van der Waals surface area contributed by atoms with Crippen molar-refractivity contribution in [3.05, 3.63) is 58.4 Å². The number of rotatable bonds is 6. The molecule has 0 saturated carbocycles. The number of benzene rings is 2. The minimum atomic E-state index is 0.0712. The molecule has 0 unspecified atom stereocenters. The highest BCUT2D eigenvalue weighted by Crippen LogP contribution is 2.31. The van der Waals surface area contributed by atoms with Crippen LogP contribution in [0.2, 0.25) is 0 Å². The van der Waals surface area contributed by atoms with Crippen LogP contribution in [0, 0.1) is 0 Å². The van der Waals surface area contributed by atoms with Crippen LogP contribution in [-0.2, 0) is 17.6 Å². The lowest BCUT2D eigenvalue weighted by Gasteiger charge is -2.16. The van der Waals surface area contributed by atoms with Gasteiger partial charge in [-0.25, -0.2) is 0 Å². The summed E-state index contributed by atoms with van der Waals surface area (Å²) in [6, 6.07) is 13.6. The Balaban J connectivity index is 1.38. The van der Waals surface area contributed by atoms with Crippen LogP contribution in [0.15, 0.2) is 51.5 Å². The number of halogens is 1. The maximum absolute atomic E-state index is 12.7. The van der Waals surface area contributed by atoms with Crippen LogP contribution in [0.5, 0.6) is 5.75 Å². The first kappa shape index (κ1) is 18.7. The van der Waals surface area contributed by atoms with Gasteiger partial charge in [0.1, 0.15) is 5.75 Å². The quantitative estimate of drug-likeness (QED) is 0.566. The number of aromatic nitrogens is 2. The van der Waals surface area contributed by atoms with Gasteiger partial charge in [-0.2, -0.15) is 4.98 Å². The van der Waals surface area contributed by atoms with Crippen molar-refractivity contribution in [1.82, 2.24) is 10.1 Å². The number of nitrogens with zero attached hydrogens (tertiary/aromatic N) is 3. The predicted molar refractivity (Wildman–Crippen MR) is 109 cm³/mol. The minimum Gasteiger partial charge on any atom is -0.494 e. The molecule has 0 fully saturated rings. The lowest BCUT2D eigenvalue weighted by molar-refractivity contribution is -0.118. The molecule has 0 saturated heterocycles. The summed E-state index contributed by atoms with van der Waals surface area (Å²) < 4.78 is 11.8. The highest BCUT2D eigenvalue weighted by atomic mass is 79.9. The van der Waals surface area contributed by atoms with Gasteiger partial charge in [0.2, 0.25) is 17.6 Å². The molecule has 1 aromatic heterocycles. The maximum Gasteiger partial charge on any atom is 0.227 e. The largest absolute Gasteiger partial charge is 0.494 e. The Morgan fingerprint density at radius 2 is 2.07 bits per heavy atom. The molecule has 2 aromatic carbocycles. The van der Waals surface area contributed by atoms with Crippen molar-refractivity contribution in [3.63, 3.8) is 0 Å². The van der Waals surface area contributed by atoms with Crippen molar-refractivity contribution in [1.29, 1.82) is 0 Å². The number of aryl methyl sites for hydroxylation is 1. The number of amides is 1. The molecule has 0 radical (unpaired) electrons. The highest BCUT2D eigenvalue weighted by Gasteiger charge is 2.24. The first-order valence-electron chi connectivity index (χ1n) is 9.28. The molecule has 1 amide bonds. The van der Waals surface area contributed by atoms with E-state index in [4.69, 9.17) is 9.26 Å². The highest BCUT2D eigenvalue weighted by molar-refractivity contribution is 9.10. The standard InChI is InChI=1S/C21H20BrN3O3/c1-2-27-17-6-3-14(4-7-17)21-23-19(28-24-21)9-10-20(26)25-12-11-15-13-16(22)5-8-18(15)25/h3-8,13H,2,9-12H2,1H3. The molecule has 7 heteroatoms. The van der Waals surface area contributed by atoms with E-state index in [1.165, 1.54) is 5.56 Å². The molecule has 3 aromatic rings. The van der Waals surface area contributed by atoms with Gasteiger partial charge in [0.25, 0.3) is 0 Å². The number of fused-ring (bicyclic) bond motifs is 1. The second-order valence-corrected chi connectivity index (χ2v) is 7.45. The molecule has 4 rings (SSSR count). The van der Waals surface area contributed by atoms with E-state index >= 15 is 0 Å². The molecule has 0 atom stereocenters. The van der Waals surface area contributed by atoms with E-state index in [-0.39, 0.29) is 5.91 Å². The van der Waals surface area contributed by atoms with Gasteiger partial charge in [-0.1, -0.05) is 21.1 Å². The number of hydrogen-bond donors (Lipinski definition) is 0. The zero-order valence-electron chi connectivity index (χ0n) is 15.5. The first-order valence-corrected chi connectivity index (χ1v) is 10.1. The Kier molecular flexibility index (Phi) is 5.43. The lowest BCUT2D eigenvalue weighted by Crippen LogP contribution is -2.29. The Morgan fingerprint density at radius 3 is 2.86 bits per heavy atom. The Bertz CT molecular complexity index is 985. The van der Waals surface area contributed by atoms with E-state index in [0.29, 0.717) is 37.7 Å². The number of carbonyl (C=O) groups is 1. The third kappa shape index (κ3) is 3.94. The minimum absolute atomic E-state index is 0.0712. The predicted octanol–water partition coefficient (Wildman–Crippen LogP) is 4.42. The number of carbonyl (C=O) groups excluding carboxylic acids is 1. The molecule has 1 aliphatic rings. The number of hydrogen-bond acceptors (Lipinski definition) is 5. The molecule has 0 bridgehead atoms. The summed E-state index contributed by atoms with van der Waals surface area (Å²) in [7, 11) is 0. The van der Waals surface area contributed by atoms with Crippen LogP contribution in [0.1, 0.15) is 24.8 Å². The van der Waals surface area contributed by atoms with E-state index in [0.717, 1.165) is 27.9 Å². The van der Waals surface area contributed by atoms with E-state index in [1.807, 2.05) is 48.2 Å². The molecule has 0 aliphatic carbocycles. The SMILES string of the molecule is CCOc1ccc(-c2noc(CCC(=O)N3CCc4cc(Br)ccc43)n2)cc1. The van der Waals surface area contributed by atoms with Crippen molar-refractivity contribution < 1.29 is 14.1 Å². The second kappa shape index (κ2) is 8.14. The number of ether oxygens (including phenoxy) is 1. The molecule has 0 N–H and O–H groups in total. The van der Waals surface area contributed by atoms with Gasteiger partial charge in [-0.05, 0) is 61.4 Å². The van der Waals surface area contributed by atoms with Gasteiger partial charge in [0.05, 0.1) is 6.61 Å². The van der Waals surface area contributed by atoms with Gasteiger partial charge in [0, 0.05) is 35.1 Å². The lowest BCUT2D eigenvalue weighted by atomic mass is 10.2. The third-order valence-electron chi connectivity index (χ3n) is 4.68. The average molecular weight is 442 g/mol. The third-order valence-corrected chi connectivity index (χ3v) is 5.18. The van der Waals surface area contributed by atoms with Crippen LogP contribution in [0.4, 0.5) is 5.69 Å². The normalized spacial score (nSPS) is 12.9. The molecule has 0 spiro atoms. The monoisotopic (exact) mass is 441 g/mol. The molecule has 6 nitrogen and oxygen atoms in total. The summed E-state index contributed by atoms with van der Waals surface area (Å²) in [6.07, 6.45) is 1.63. The molecule has 1 aliphatic heterocycles. The fraction of sp³-hybridized carbons (Fsp3) is 0.286. The summed E-state index contributed by atoms with van der Waals surface area (Å²) in [5.41, 5.74) is 3.04.